The van der Waals surface area contributed by atoms with Crippen LogP contribution in [-0.2, 0) is 9.59 Å². The number of methoxy groups -OCH3 is 1. The normalized spacial score (nSPS) is 39.5. The van der Waals surface area contributed by atoms with Gasteiger partial charge in [-0.05, 0) is 98.0 Å². The Bertz CT molecular complexity index is 956. The van der Waals surface area contributed by atoms with E-state index in [0.29, 0.717) is 36.1 Å². The molecule has 3 fully saturated rings. The first-order valence-corrected chi connectivity index (χ1v) is 12.7. The van der Waals surface area contributed by atoms with Crippen LogP contribution >= 0.6 is 0 Å². The van der Waals surface area contributed by atoms with Crippen molar-refractivity contribution in [2.24, 2.45) is 34.5 Å². The summed E-state index contributed by atoms with van der Waals surface area (Å²) >= 11 is 0. The maximum absolute atomic E-state index is 12.9. The molecule has 0 bridgehead atoms. The number of carbonyl (C=O) groups excluding carboxylic acids is 2. The van der Waals surface area contributed by atoms with E-state index in [1.54, 1.807) is 7.11 Å². The highest BCUT2D eigenvalue weighted by molar-refractivity contribution is 5.91. The first-order valence-electron chi connectivity index (χ1n) is 12.7. The lowest BCUT2D eigenvalue weighted by atomic mass is 9.47. The smallest absolute Gasteiger partial charge is 0.246 e. The van der Waals surface area contributed by atoms with Crippen molar-refractivity contribution in [3.05, 3.63) is 36.4 Å². The lowest BCUT2D eigenvalue weighted by Crippen LogP contribution is -2.59. The highest BCUT2D eigenvalue weighted by Gasteiger charge is 2.60. The van der Waals surface area contributed by atoms with Crippen LogP contribution in [0.15, 0.2) is 36.4 Å². The second kappa shape index (κ2) is 8.18. The number of rotatable bonds is 4. The Hall–Kier alpha value is -2.30. The summed E-state index contributed by atoms with van der Waals surface area (Å²) in [7, 11) is 3.63. The number of fused-ring (bicyclic) bond motifs is 5. The minimum atomic E-state index is 0.0801. The average Bonchev–Trinajstić information content (AvgIpc) is 3.13. The van der Waals surface area contributed by atoms with Gasteiger partial charge in [-0.15, -0.1) is 0 Å². The molecule has 7 atom stereocenters. The molecule has 2 amide bonds. The van der Waals surface area contributed by atoms with E-state index >= 15 is 0 Å². The van der Waals surface area contributed by atoms with Gasteiger partial charge in [0.1, 0.15) is 5.75 Å². The van der Waals surface area contributed by atoms with Gasteiger partial charge in [0, 0.05) is 30.6 Å². The topological polar surface area (TPSA) is 58.6 Å². The number of hydrogen-bond donors (Lipinski definition) is 1. The highest BCUT2D eigenvalue weighted by atomic mass is 16.5. The van der Waals surface area contributed by atoms with Crippen LogP contribution in [0.3, 0.4) is 0 Å². The summed E-state index contributed by atoms with van der Waals surface area (Å²) in [5, 5.41) is 3.10. The van der Waals surface area contributed by atoms with Crippen LogP contribution in [0.4, 0.5) is 5.69 Å². The van der Waals surface area contributed by atoms with Gasteiger partial charge in [0.15, 0.2) is 0 Å². The van der Waals surface area contributed by atoms with Crippen LogP contribution in [0.2, 0.25) is 0 Å². The molecular weight excluding hydrogens is 412 g/mol. The van der Waals surface area contributed by atoms with E-state index in [0.717, 1.165) is 24.3 Å². The lowest BCUT2D eigenvalue weighted by molar-refractivity contribution is -0.139. The minimum Gasteiger partial charge on any atom is -0.497 e. The molecule has 33 heavy (non-hydrogen) atoms. The fraction of sp³-hybridized carbons (Fsp3) is 0.643. The van der Waals surface area contributed by atoms with Crippen molar-refractivity contribution in [2.45, 2.75) is 64.8 Å². The summed E-state index contributed by atoms with van der Waals surface area (Å²) in [5.41, 5.74) is 1.15. The number of carbonyl (C=O) groups is 2. The Morgan fingerprint density at radius 3 is 2.58 bits per heavy atom. The van der Waals surface area contributed by atoms with Crippen LogP contribution in [0, 0.1) is 34.5 Å². The summed E-state index contributed by atoms with van der Waals surface area (Å²) < 4.78 is 5.21. The predicted molar refractivity (Wildman–Crippen MR) is 130 cm³/mol. The van der Waals surface area contributed by atoms with E-state index in [1.165, 1.54) is 25.7 Å². The van der Waals surface area contributed by atoms with Crippen molar-refractivity contribution in [1.82, 2.24) is 4.90 Å². The first kappa shape index (κ1) is 22.5. The van der Waals surface area contributed by atoms with E-state index in [4.69, 9.17) is 4.74 Å². The first-order chi connectivity index (χ1) is 15.8. The summed E-state index contributed by atoms with van der Waals surface area (Å²) in [6, 6.07) is 7.89. The molecule has 1 aliphatic heterocycles. The van der Waals surface area contributed by atoms with Crippen LogP contribution in [0.25, 0.3) is 0 Å². The van der Waals surface area contributed by atoms with E-state index < -0.39 is 0 Å². The average molecular weight is 451 g/mol. The third-order valence-electron chi connectivity index (χ3n) is 10.1. The number of nitrogens with zero attached hydrogens (tertiary/aromatic N) is 1. The molecule has 3 saturated carbocycles. The highest BCUT2D eigenvalue weighted by Crippen LogP contribution is 2.65. The molecule has 5 heteroatoms. The number of likely N-dealkylation sites (N-methyl/N-ethyl adjacent to an activating group) is 1. The largest absolute Gasteiger partial charge is 0.497 e. The number of nitrogens with one attached hydrogen (secondary N) is 1. The molecule has 4 aliphatic rings. The summed E-state index contributed by atoms with van der Waals surface area (Å²) in [6.07, 6.45) is 11.7. The van der Waals surface area contributed by atoms with Gasteiger partial charge in [0.05, 0.1) is 7.11 Å². The second-order valence-corrected chi connectivity index (χ2v) is 11.4. The molecule has 1 heterocycles. The molecule has 3 aliphatic carbocycles. The number of benzene rings is 1. The fourth-order valence-electron chi connectivity index (χ4n) is 8.29. The standard InChI is InChI=1S/C28H38N2O3/c1-27-15-13-23-21(10-12-24-28(23,2)16-14-26(32)30(24)3)22(27)11-5-18(27)17-25(31)29-19-6-8-20(33-4)9-7-19/h6-9,14,16,18,21-24H,5,10-13,15,17H2,1-4H3,(H,29,31)/t18-,21?,22?,23?,24?,27-,28-/m1/s1. The summed E-state index contributed by atoms with van der Waals surface area (Å²) in [6.45, 7) is 4.86. The predicted octanol–water partition coefficient (Wildman–Crippen LogP) is 5.28. The van der Waals surface area contributed by atoms with Gasteiger partial charge >= 0.3 is 0 Å². The van der Waals surface area contributed by atoms with Crippen molar-refractivity contribution in [3.63, 3.8) is 0 Å². The van der Waals surface area contributed by atoms with Gasteiger partial charge in [-0.2, -0.15) is 0 Å². The Morgan fingerprint density at radius 2 is 1.85 bits per heavy atom. The van der Waals surface area contributed by atoms with Crippen molar-refractivity contribution in [1.29, 1.82) is 0 Å². The zero-order valence-electron chi connectivity index (χ0n) is 20.5. The maximum Gasteiger partial charge on any atom is 0.246 e. The number of ether oxygens (including phenoxy) is 1. The Kier molecular flexibility index (Phi) is 5.57. The summed E-state index contributed by atoms with van der Waals surface area (Å²) in [4.78, 5) is 27.2. The van der Waals surface area contributed by atoms with E-state index in [2.05, 4.69) is 25.2 Å². The van der Waals surface area contributed by atoms with E-state index in [9.17, 15) is 9.59 Å². The zero-order chi connectivity index (χ0) is 23.4. The second-order valence-electron chi connectivity index (χ2n) is 11.4. The van der Waals surface area contributed by atoms with Crippen molar-refractivity contribution in [2.75, 3.05) is 19.5 Å². The van der Waals surface area contributed by atoms with Gasteiger partial charge in [-0.1, -0.05) is 19.9 Å². The van der Waals surface area contributed by atoms with Crippen molar-refractivity contribution in [3.8, 4) is 5.75 Å². The zero-order valence-corrected chi connectivity index (χ0v) is 20.5. The molecule has 178 valence electrons. The number of amides is 2. The third kappa shape index (κ3) is 3.59. The molecule has 1 aromatic carbocycles. The van der Waals surface area contributed by atoms with Gasteiger partial charge in [0.25, 0.3) is 0 Å². The van der Waals surface area contributed by atoms with Gasteiger partial charge in [0.2, 0.25) is 11.8 Å². The summed E-state index contributed by atoms with van der Waals surface area (Å²) in [5.74, 6) is 3.53. The molecule has 0 aromatic heterocycles. The minimum absolute atomic E-state index is 0.0801. The third-order valence-corrected chi connectivity index (χ3v) is 10.1. The molecular formula is C28H38N2O3. The monoisotopic (exact) mass is 450 g/mol. The van der Waals surface area contributed by atoms with Crippen molar-refractivity contribution >= 4 is 17.5 Å². The van der Waals surface area contributed by atoms with E-state index in [-0.39, 0.29) is 22.6 Å². The van der Waals surface area contributed by atoms with Crippen molar-refractivity contribution < 1.29 is 14.3 Å². The van der Waals surface area contributed by atoms with Gasteiger partial charge in [-0.3, -0.25) is 9.59 Å². The molecule has 5 rings (SSSR count). The number of anilines is 1. The fourth-order valence-corrected chi connectivity index (χ4v) is 8.29. The van der Waals surface area contributed by atoms with Crippen LogP contribution in [0.5, 0.6) is 5.75 Å². The van der Waals surface area contributed by atoms with Crippen LogP contribution in [0.1, 0.15) is 58.8 Å². The molecule has 4 unspecified atom stereocenters. The SMILES string of the molecule is COc1ccc(NC(=O)C[C@H]2CCC3C4CCC5N(C)C(=O)C=C[C@]5(C)C4CC[C@@]32C)cc1. The van der Waals surface area contributed by atoms with Gasteiger partial charge < -0.3 is 15.0 Å². The van der Waals surface area contributed by atoms with Crippen LogP contribution < -0.4 is 10.1 Å². The maximum atomic E-state index is 12.9. The Labute approximate surface area is 197 Å². The van der Waals surface area contributed by atoms with Crippen LogP contribution in [-0.4, -0.2) is 36.9 Å². The molecule has 0 radical (unpaired) electrons. The lowest BCUT2D eigenvalue weighted by Gasteiger charge is -2.60. The Balaban J connectivity index is 1.29. The molecule has 0 saturated heterocycles. The molecule has 0 spiro atoms. The molecule has 5 nitrogen and oxygen atoms in total. The van der Waals surface area contributed by atoms with E-state index in [1.807, 2.05) is 42.3 Å². The molecule has 1 aromatic rings. The number of hydrogen-bond acceptors (Lipinski definition) is 3. The Morgan fingerprint density at radius 1 is 1.09 bits per heavy atom. The van der Waals surface area contributed by atoms with Gasteiger partial charge in [-0.25, -0.2) is 0 Å². The quantitative estimate of drug-likeness (QED) is 0.679. The molecule has 1 N–H and O–H groups in total.